The van der Waals surface area contributed by atoms with Gasteiger partial charge in [-0.3, -0.25) is 4.79 Å². The van der Waals surface area contributed by atoms with E-state index in [0.717, 1.165) is 23.9 Å². The number of halogens is 2. The molecule has 0 fully saturated rings. The Morgan fingerprint density at radius 3 is 2.72 bits per heavy atom. The van der Waals surface area contributed by atoms with Crippen molar-refractivity contribution < 1.29 is 27.6 Å². The summed E-state index contributed by atoms with van der Waals surface area (Å²) < 4.78 is 36.9. The molecule has 1 N–H and O–H groups in total. The van der Waals surface area contributed by atoms with Crippen LogP contribution in [0.5, 0.6) is 0 Å². The van der Waals surface area contributed by atoms with Gasteiger partial charge in [0.25, 0.3) is 5.91 Å². The molecule has 0 bridgehead atoms. The number of rotatable bonds is 7. The van der Waals surface area contributed by atoms with Crippen LogP contribution in [-0.4, -0.2) is 23.6 Å². The molecule has 1 aromatic heterocycles. The molecule has 0 aliphatic carbocycles. The molecule has 9 heteroatoms. The highest BCUT2D eigenvalue weighted by molar-refractivity contribution is 7.98. The molecule has 0 aliphatic heterocycles. The number of hydrogen-bond donors (Lipinski definition) is 1. The van der Waals surface area contributed by atoms with Crippen LogP contribution in [-0.2, 0) is 15.3 Å². The van der Waals surface area contributed by atoms with Gasteiger partial charge in [0.1, 0.15) is 17.4 Å². The van der Waals surface area contributed by atoms with Crippen LogP contribution < -0.4 is 5.32 Å². The summed E-state index contributed by atoms with van der Waals surface area (Å²) in [5.41, 5.74) is 0.705. The fraction of sp³-hybridized carbons (Fsp3) is 0.150. The second kappa shape index (κ2) is 9.33. The molecule has 0 saturated heterocycles. The number of aromatic nitrogens is 1. The van der Waals surface area contributed by atoms with E-state index < -0.39 is 30.1 Å². The van der Waals surface area contributed by atoms with Gasteiger partial charge in [0.2, 0.25) is 0 Å². The number of thioether (sulfide) groups is 1. The predicted octanol–water partition coefficient (Wildman–Crippen LogP) is 4.35. The summed E-state index contributed by atoms with van der Waals surface area (Å²) in [6.45, 7) is 1.17. The van der Waals surface area contributed by atoms with Crippen LogP contribution >= 0.6 is 11.8 Å². The number of hydrogen-bond acceptors (Lipinski definition) is 6. The lowest BCUT2D eigenvalue weighted by atomic mass is 10.2. The molecule has 0 radical (unpaired) electrons. The Morgan fingerprint density at radius 2 is 1.97 bits per heavy atom. The minimum absolute atomic E-state index is 0.276. The van der Waals surface area contributed by atoms with E-state index >= 15 is 0 Å². The molecule has 0 aliphatic rings. The first kappa shape index (κ1) is 20.5. The van der Waals surface area contributed by atoms with E-state index in [1.165, 1.54) is 11.8 Å². The van der Waals surface area contributed by atoms with Gasteiger partial charge in [-0.25, -0.2) is 13.6 Å². The van der Waals surface area contributed by atoms with E-state index in [1.807, 2.05) is 6.92 Å². The zero-order chi connectivity index (χ0) is 20.8. The first-order valence-corrected chi connectivity index (χ1v) is 9.47. The summed E-state index contributed by atoms with van der Waals surface area (Å²) in [6.07, 6.45) is 0. The van der Waals surface area contributed by atoms with Gasteiger partial charge in [0.05, 0.1) is 22.7 Å². The van der Waals surface area contributed by atoms with Crippen LogP contribution in [0.1, 0.15) is 21.8 Å². The Hall–Kier alpha value is -3.20. The highest BCUT2D eigenvalue weighted by Crippen LogP contribution is 2.27. The number of esters is 1. The Kier molecular flexibility index (Phi) is 6.61. The summed E-state index contributed by atoms with van der Waals surface area (Å²) in [5.74, 6) is -1.87. The first-order valence-electron chi connectivity index (χ1n) is 8.48. The van der Waals surface area contributed by atoms with Gasteiger partial charge < -0.3 is 14.6 Å². The molecule has 3 rings (SSSR count). The van der Waals surface area contributed by atoms with Crippen molar-refractivity contribution in [2.24, 2.45) is 0 Å². The normalized spacial score (nSPS) is 10.6. The van der Waals surface area contributed by atoms with Crippen LogP contribution in [0.25, 0.3) is 0 Å². The minimum atomic E-state index is -0.796. The fourth-order valence-electron chi connectivity index (χ4n) is 2.38. The molecular formula is C20H16F2N2O4S. The number of ether oxygens (including phenoxy) is 1. The van der Waals surface area contributed by atoms with Crippen LogP contribution in [0.3, 0.4) is 0 Å². The standard InChI is InChI=1S/C20H16F2N2O4S/c1-12-8-14(28-24-12)11-29-18-5-3-2-4-15(18)20(26)27-10-19(25)23-17-9-13(21)6-7-16(17)22/h2-9H,10-11H2,1H3,(H,23,25). The zero-order valence-corrected chi connectivity index (χ0v) is 16.1. The number of carbonyl (C=O) groups is 2. The maximum absolute atomic E-state index is 13.6. The maximum atomic E-state index is 13.6. The summed E-state index contributed by atoms with van der Waals surface area (Å²) >= 11 is 1.36. The molecule has 0 atom stereocenters. The van der Waals surface area contributed by atoms with Crippen molar-refractivity contribution in [3.63, 3.8) is 0 Å². The van der Waals surface area contributed by atoms with E-state index in [4.69, 9.17) is 9.26 Å². The monoisotopic (exact) mass is 418 g/mol. The lowest BCUT2D eigenvalue weighted by Gasteiger charge is -2.10. The Labute approximate surface area is 169 Å². The predicted molar refractivity (Wildman–Crippen MR) is 103 cm³/mol. The van der Waals surface area contributed by atoms with Crippen LogP contribution in [0.15, 0.2) is 57.9 Å². The summed E-state index contributed by atoms with van der Waals surface area (Å²) in [5, 5.41) is 5.97. The summed E-state index contributed by atoms with van der Waals surface area (Å²) in [6, 6.07) is 11.2. The second-order valence-corrected chi connectivity index (χ2v) is 6.99. The van der Waals surface area contributed by atoms with Gasteiger partial charge in [0, 0.05) is 17.0 Å². The molecular weight excluding hydrogens is 402 g/mol. The highest BCUT2D eigenvalue weighted by atomic mass is 32.2. The third-order valence-electron chi connectivity index (χ3n) is 3.69. The van der Waals surface area contributed by atoms with Crippen molar-refractivity contribution in [2.45, 2.75) is 17.6 Å². The number of carbonyl (C=O) groups excluding carboxylic acids is 2. The fourth-order valence-corrected chi connectivity index (χ4v) is 3.30. The lowest BCUT2D eigenvalue weighted by Crippen LogP contribution is -2.21. The number of amides is 1. The molecule has 0 spiro atoms. The highest BCUT2D eigenvalue weighted by Gasteiger charge is 2.16. The third kappa shape index (κ3) is 5.64. The van der Waals surface area contributed by atoms with Gasteiger partial charge in [-0.1, -0.05) is 17.3 Å². The lowest BCUT2D eigenvalue weighted by molar-refractivity contribution is -0.119. The van der Waals surface area contributed by atoms with Crippen molar-refractivity contribution in [1.82, 2.24) is 5.16 Å². The molecule has 1 amide bonds. The first-order chi connectivity index (χ1) is 13.9. The minimum Gasteiger partial charge on any atom is -0.452 e. The molecule has 29 heavy (non-hydrogen) atoms. The quantitative estimate of drug-likeness (QED) is 0.454. The van der Waals surface area contributed by atoms with Gasteiger partial charge in [0.15, 0.2) is 6.61 Å². The number of aryl methyl sites for hydroxylation is 1. The Morgan fingerprint density at radius 1 is 1.17 bits per heavy atom. The van der Waals surface area contributed by atoms with Gasteiger partial charge in [-0.15, -0.1) is 11.8 Å². The molecule has 1 heterocycles. The molecule has 0 saturated carbocycles. The largest absolute Gasteiger partial charge is 0.452 e. The van der Waals surface area contributed by atoms with Crippen molar-refractivity contribution in [3.8, 4) is 0 Å². The zero-order valence-electron chi connectivity index (χ0n) is 15.3. The number of nitrogens with one attached hydrogen (secondary N) is 1. The SMILES string of the molecule is Cc1cc(CSc2ccccc2C(=O)OCC(=O)Nc2cc(F)ccc2F)on1. The molecule has 150 valence electrons. The average Bonchev–Trinajstić information content (AvgIpc) is 3.13. The van der Waals surface area contributed by atoms with Crippen molar-refractivity contribution in [3.05, 3.63) is 77.2 Å². The maximum Gasteiger partial charge on any atom is 0.339 e. The van der Waals surface area contributed by atoms with E-state index in [0.29, 0.717) is 16.4 Å². The number of anilines is 1. The van der Waals surface area contributed by atoms with Gasteiger partial charge in [-0.2, -0.15) is 0 Å². The topological polar surface area (TPSA) is 81.4 Å². The van der Waals surface area contributed by atoms with E-state index in [1.54, 1.807) is 30.3 Å². The van der Waals surface area contributed by atoms with Gasteiger partial charge >= 0.3 is 5.97 Å². The van der Waals surface area contributed by atoms with E-state index in [9.17, 15) is 18.4 Å². The van der Waals surface area contributed by atoms with Crippen LogP contribution in [0, 0.1) is 18.6 Å². The average molecular weight is 418 g/mol. The van der Waals surface area contributed by atoms with Crippen molar-refractivity contribution >= 4 is 29.3 Å². The van der Waals surface area contributed by atoms with E-state index in [2.05, 4.69) is 10.5 Å². The van der Waals surface area contributed by atoms with Crippen molar-refractivity contribution in [2.75, 3.05) is 11.9 Å². The number of nitrogens with zero attached hydrogens (tertiary/aromatic N) is 1. The Bertz CT molecular complexity index is 1040. The molecule has 3 aromatic rings. The molecule has 0 unspecified atom stereocenters. The Balaban J connectivity index is 1.59. The van der Waals surface area contributed by atoms with Crippen LogP contribution in [0.2, 0.25) is 0 Å². The van der Waals surface area contributed by atoms with E-state index in [-0.39, 0.29) is 11.3 Å². The second-order valence-electron chi connectivity index (χ2n) is 5.97. The summed E-state index contributed by atoms with van der Waals surface area (Å²) in [7, 11) is 0. The van der Waals surface area contributed by atoms with Crippen LogP contribution in [0.4, 0.5) is 14.5 Å². The molecule has 6 nitrogen and oxygen atoms in total. The smallest absolute Gasteiger partial charge is 0.339 e. The van der Waals surface area contributed by atoms with Crippen molar-refractivity contribution in [1.29, 1.82) is 0 Å². The third-order valence-corrected chi connectivity index (χ3v) is 4.79. The molecule has 2 aromatic carbocycles. The number of benzene rings is 2. The summed E-state index contributed by atoms with van der Waals surface area (Å²) in [4.78, 5) is 24.9. The van der Waals surface area contributed by atoms with Gasteiger partial charge in [-0.05, 0) is 31.2 Å².